The Morgan fingerprint density at radius 2 is 1.94 bits per heavy atom. The van der Waals surface area contributed by atoms with Gasteiger partial charge in [0, 0.05) is 17.1 Å². The number of hydrogen-bond donors (Lipinski definition) is 0. The molecule has 0 N–H and O–H groups in total. The van der Waals surface area contributed by atoms with Crippen molar-refractivity contribution in [1.82, 2.24) is 4.57 Å². The Labute approximate surface area is 131 Å². The predicted octanol–water partition coefficient (Wildman–Crippen LogP) is 4.83. The standard InChI is InChI=1S/C12H10Br2INO/c1-16-10(3-4-11(16)15)8-5-7(13)6-9(14)12(8)17-2/h3-6H,1-2H3. The number of hydrogen-bond acceptors (Lipinski definition) is 1. The molecule has 0 radical (unpaired) electrons. The van der Waals surface area contributed by atoms with Gasteiger partial charge in [0.1, 0.15) is 5.75 Å². The summed E-state index contributed by atoms with van der Waals surface area (Å²) < 4.78 is 10.8. The van der Waals surface area contributed by atoms with Gasteiger partial charge in [-0.1, -0.05) is 15.9 Å². The van der Waals surface area contributed by atoms with Crippen molar-refractivity contribution >= 4 is 54.5 Å². The van der Waals surface area contributed by atoms with Gasteiger partial charge in [0.2, 0.25) is 0 Å². The van der Waals surface area contributed by atoms with E-state index in [1.54, 1.807) is 7.11 Å². The fraction of sp³-hybridized carbons (Fsp3) is 0.167. The molecule has 0 atom stereocenters. The second kappa shape index (κ2) is 5.32. The minimum atomic E-state index is 0.853. The van der Waals surface area contributed by atoms with E-state index < -0.39 is 0 Å². The lowest BCUT2D eigenvalue weighted by Gasteiger charge is -2.12. The van der Waals surface area contributed by atoms with Crippen LogP contribution in [0.5, 0.6) is 5.75 Å². The minimum absolute atomic E-state index is 0.853. The molecule has 2 nitrogen and oxygen atoms in total. The first-order chi connectivity index (χ1) is 8.04. The zero-order chi connectivity index (χ0) is 12.6. The Morgan fingerprint density at radius 3 is 2.47 bits per heavy atom. The fourth-order valence-corrected chi connectivity index (χ4v) is 3.54. The summed E-state index contributed by atoms with van der Waals surface area (Å²) in [7, 11) is 3.73. The van der Waals surface area contributed by atoms with Gasteiger partial charge in [-0.25, -0.2) is 0 Å². The van der Waals surface area contributed by atoms with E-state index >= 15 is 0 Å². The van der Waals surface area contributed by atoms with E-state index in [4.69, 9.17) is 4.74 Å². The number of nitrogens with zero attached hydrogens (tertiary/aromatic N) is 1. The lowest BCUT2D eigenvalue weighted by Crippen LogP contribution is -1.96. The number of aromatic nitrogens is 1. The Balaban J connectivity index is 2.70. The second-order valence-corrected chi connectivity index (χ2v) is 6.44. The molecule has 1 aromatic carbocycles. The van der Waals surface area contributed by atoms with Crippen LogP contribution < -0.4 is 4.74 Å². The van der Waals surface area contributed by atoms with E-state index in [0.29, 0.717) is 0 Å². The summed E-state index contributed by atoms with van der Waals surface area (Å²) in [6, 6.07) is 8.23. The number of benzene rings is 1. The van der Waals surface area contributed by atoms with Crippen LogP contribution in [0.25, 0.3) is 11.3 Å². The second-order valence-electron chi connectivity index (χ2n) is 3.57. The molecule has 0 spiro atoms. The van der Waals surface area contributed by atoms with Crippen molar-refractivity contribution in [2.24, 2.45) is 7.05 Å². The molecule has 90 valence electrons. The van der Waals surface area contributed by atoms with E-state index in [0.717, 1.165) is 26.0 Å². The van der Waals surface area contributed by atoms with Gasteiger partial charge in [0.25, 0.3) is 0 Å². The largest absolute Gasteiger partial charge is 0.495 e. The summed E-state index contributed by atoms with van der Waals surface area (Å²) >= 11 is 9.34. The molecule has 0 amide bonds. The van der Waals surface area contributed by atoms with E-state index in [9.17, 15) is 0 Å². The molecule has 0 bridgehead atoms. The van der Waals surface area contributed by atoms with Gasteiger partial charge >= 0.3 is 0 Å². The summed E-state index contributed by atoms with van der Waals surface area (Å²) in [6.45, 7) is 0. The molecule has 0 unspecified atom stereocenters. The quantitative estimate of drug-likeness (QED) is 0.573. The average molecular weight is 471 g/mol. The molecule has 0 aliphatic heterocycles. The summed E-state index contributed by atoms with van der Waals surface area (Å²) in [5, 5.41) is 0. The first-order valence-corrected chi connectivity index (χ1v) is 7.55. The highest BCUT2D eigenvalue weighted by Gasteiger charge is 2.14. The third kappa shape index (κ3) is 2.56. The highest BCUT2D eigenvalue weighted by Crippen LogP contribution is 2.39. The molecule has 0 saturated carbocycles. The molecule has 17 heavy (non-hydrogen) atoms. The number of methoxy groups -OCH3 is 1. The highest BCUT2D eigenvalue weighted by molar-refractivity contribution is 14.1. The van der Waals surface area contributed by atoms with E-state index in [2.05, 4.69) is 77.2 Å². The van der Waals surface area contributed by atoms with E-state index in [1.165, 1.54) is 3.70 Å². The van der Waals surface area contributed by atoms with Gasteiger partial charge in [0.05, 0.1) is 21.0 Å². The van der Waals surface area contributed by atoms with Gasteiger partial charge in [-0.2, -0.15) is 0 Å². The molecule has 2 rings (SSSR count). The average Bonchev–Trinajstić information content (AvgIpc) is 2.59. The smallest absolute Gasteiger partial charge is 0.142 e. The maximum atomic E-state index is 5.47. The van der Waals surface area contributed by atoms with Crippen molar-refractivity contribution in [2.75, 3.05) is 7.11 Å². The topological polar surface area (TPSA) is 14.2 Å². The van der Waals surface area contributed by atoms with Crippen LogP contribution in [0.2, 0.25) is 0 Å². The number of ether oxygens (including phenoxy) is 1. The van der Waals surface area contributed by atoms with Crippen LogP contribution in [0.15, 0.2) is 33.2 Å². The van der Waals surface area contributed by atoms with Gasteiger partial charge < -0.3 is 9.30 Å². The summed E-state index contributed by atoms with van der Waals surface area (Å²) in [5.41, 5.74) is 2.20. The van der Waals surface area contributed by atoms with Crippen LogP contribution in [0.4, 0.5) is 0 Å². The third-order valence-electron chi connectivity index (χ3n) is 2.55. The normalized spacial score (nSPS) is 10.6. The van der Waals surface area contributed by atoms with E-state index in [1.807, 2.05) is 13.1 Å². The maximum Gasteiger partial charge on any atom is 0.142 e. The lowest BCUT2D eigenvalue weighted by molar-refractivity contribution is 0.413. The maximum absolute atomic E-state index is 5.47. The van der Waals surface area contributed by atoms with Crippen LogP contribution in [-0.2, 0) is 7.05 Å². The molecule has 1 aromatic heterocycles. The molecular formula is C12H10Br2INO. The van der Waals surface area contributed by atoms with Crippen molar-refractivity contribution in [2.45, 2.75) is 0 Å². The fourth-order valence-electron chi connectivity index (χ4n) is 1.71. The molecule has 0 aliphatic rings. The summed E-state index contributed by atoms with van der Waals surface area (Å²) in [4.78, 5) is 0. The van der Waals surface area contributed by atoms with Crippen LogP contribution in [0.1, 0.15) is 0 Å². The summed E-state index contributed by atoms with van der Waals surface area (Å²) in [5.74, 6) is 0.853. The van der Waals surface area contributed by atoms with Crippen molar-refractivity contribution in [3.63, 3.8) is 0 Å². The minimum Gasteiger partial charge on any atom is -0.495 e. The van der Waals surface area contributed by atoms with Gasteiger partial charge in [0.15, 0.2) is 0 Å². The van der Waals surface area contributed by atoms with Crippen LogP contribution in [0.3, 0.4) is 0 Å². The van der Waals surface area contributed by atoms with E-state index in [-0.39, 0.29) is 0 Å². The molecule has 0 fully saturated rings. The number of halogens is 3. The van der Waals surface area contributed by atoms with Crippen molar-refractivity contribution < 1.29 is 4.74 Å². The van der Waals surface area contributed by atoms with Crippen molar-refractivity contribution in [3.05, 3.63) is 36.9 Å². The van der Waals surface area contributed by atoms with Crippen LogP contribution >= 0.6 is 54.5 Å². The zero-order valence-corrected chi connectivity index (χ0v) is 14.6. The third-order valence-corrected chi connectivity index (χ3v) is 4.68. The monoisotopic (exact) mass is 469 g/mol. The lowest BCUT2D eigenvalue weighted by atomic mass is 10.1. The highest BCUT2D eigenvalue weighted by atomic mass is 127. The molecule has 5 heteroatoms. The Hall–Kier alpha value is -0.0100. The number of rotatable bonds is 2. The molecule has 0 saturated heterocycles. The molecule has 1 heterocycles. The SMILES string of the molecule is COc1c(Br)cc(Br)cc1-c1ccc(I)n1C. The summed E-state index contributed by atoms with van der Waals surface area (Å²) in [6.07, 6.45) is 0. The Morgan fingerprint density at radius 1 is 1.24 bits per heavy atom. The van der Waals surface area contributed by atoms with Gasteiger partial charge in [-0.05, 0) is 62.8 Å². The Kier molecular flexibility index (Phi) is 4.20. The zero-order valence-electron chi connectivity index (χ0n) is 9.30. The predicted molar refractivity (Wildman–Crippen MR) is 85.5 cm³/mol. The van der Waals surface area contributed by atoms with Crippen molar-refractivity contribution in [1.29, 1.82) is 0 Å². The molecular weight excluding hydrogens is 461 g/mol. The van der Waals surface area contributed by atoms with Crippen molar-refractivity contribution in [3.8, 4) is 17.0 Å². The van der Waals surface area contributed by atoms with Crippen LogP contribution in [-0.4, -0.2) is 11.7 Å². The Bertz CT molecular complexity index is 566. The van der Waals surface area contributed by atoms with Crippen LogP contribution in [0, 0.1) is 3.70 Å². The van der Waals surface area contributed by atoms with Gasteiger partial charge in [-0.15, -0.1) is 0 Å². The molecule has 0 aliphatic carbocycles. The molecule has 2 aromatic rings. The van der Waals surface area contributed by atoms with Gasteiger partial charge in [-0.3, -0.25) is 0 Å². The first-order valence-electron chi connectivity index (χ1n) is 4.89. The first kappa shape index (κ1) is 13.4.